The zero-order chi connectivity index (χ0) is 30.1. The van der Waals surface area contributed by atoms with Crippen molar-refractivity contribution in [3.63, 3.8) is 0 Å². The van der Waals surface area contributed by atoms with Crippen LogP contribution in [0.3, 0.4) is 0 Å². The summed E-state index contributed by atoms with van der Waals surface area (Å²) in [6, 6.07) is 15.5. The zero-order valence-electron chi connectivity index (χ0n) is 22.1. The molecule has 1 atom stereocenters. The average Bonchev–Trinajstić information content (AvgIpc) is 3.23. The Morgan fingerprint density at radius 2 is 1.86 bits per heavy atom. The van der Waals surface area contributed by atoms with Gasteiger partial charge in [-0.05, 0) is 101 Å². The second kappa shape index (κ2) is 13.4. The molecule has 0 saturated heterocycles. The van der Waals surface area contributed by atoms with E-state index in [1.165, 1.54) is 15.9 Å². The Kier molecular flexibility index (Phi) is 10.1. The number of benzene rings is 3. The van der Waals surface area contributed by atoms with Crippen molar-refractivity contribution in [2.75, 3.05) is 6.61 Å². The lowest BCUT2D eigenvalue weighted by molar-refractivity contribution is -0.139. The summed E-state index contributed by atoms with van der Waals surface area (Å²) in [4.78, 5) is 32.3. The third kappa shape index (κ3) is 6.46. The molecule has 5 rings (SSSR count). The first kappa shape index (κ1) is 31.5. The molecule has 42 heavy (non-hydrogen) atoms. The molecule has 6 nitrogen and oxygen atoms in total. The molecule has 1 aromatic heterocycles. The maximum atomic E-state index is 14.1. The molecule has 216 valence electrons. The van der Waals surface area contributed by atoms with Crippen molar-refractivity contribution >= 4 is 103 Å². The van der Waals surface area contributed by atoms with E-state index in [4.69, 9.17) is 44.3 Å². The predicted octanol–water partition coefficient (Wildman–Crippen LogP) is 7.55. The van der Waals surface area contributed by atoms with Gasteiger partial charge in [-0.15, -0.1) is 0 Å². The number of carbonyl (C=O) groups is 1. The molecule has 0 amide bonds. The van der Waals surface area contributed by atoms with E-state index in [0.717, 1.165) is 18.3 Å². The van der Waals surface area contributed by atoms with Crippen LogP contribution in [0.1, 0.15) is 36.6 Å². The molecule has 2 heterocycles. The van der Waals surface area contributed by atoms with Crippen LogP contribution in [0.4, 0.5) is 0 Å². The van der Waals surface area contributed by atoms with E-state index in [1.807, 2.05) is 24.3 Å². The molecule has 0 radical (unpaired) electrons. The van der Waals surface area contributed by atoms with Gasteiger partial charge in [-0.25, -0.2) is 9.79 Å². The number of halogens is 5. The van der Waals surface area contributed by atoms with Gasteiger partial charge >= 0.3 is 5.97 Å². The van der Waals surface area contributed by atoms with E-state index in [1.54, 1.807) is 50.3 Å². The summed E-state index contributed by atoms with van der Waals surface area (Å²) in [5.41, 5.74) is 2.55. The summed E-state index contributed by atoms with van der Waals surface area (Å²) in [6.45, 7) is 3.87. The molecule has 0 spiro atoms. The van der Waals surface area contributed by atoms with Gasteiger partial charge in [0.25, 0.3) is 5.56 Å². The highest BCUT2D eigenvalue weighted by Gasteiger charge is 2.34. The fraction of sp³-hybridized carbons (Fsp3) is 0.167. The van der Waals surface area contributed by atoms with Gasteiger partial charge in [-0.1, -0.05) is 70.4 Å². The first-order valence-electron chi connectivity index (χ1n) is 12.6. The van der Waals surface area contributed by atoms with Crippen molar-refractivity contribution in [1.29, 1.82) is 0 Å². The average molecular weight is 866 g/mol. The normalized spacial score (nSPS) is 14.9. The van der Waals surface area contributed by atoms with Crippen LogP contribution < -0.4 is 19.6 Å². The van der Waals surface area contributed by atoms with Crippen LogP contribution in [0, 0.1) is 7.14 Å². The number of rotatable bonds is 7. The van der Waals surface area contributed by atoms with Crippen LogP contribution in [-0.4, -0.2) is 17.1 Å². The minimum atomic E-state index is -0.796. The van der Waals surface area contributed by atoms with Gasteiger partial charge in [-0.2, -0.15) is 0 Å². The summed E-state index contributed by atoms with van der Waals surface area (Å²) in [5.74, 6) is 0.0700. The lowest BCUT2D eigenvalue weighted by atomic mass is 9.96. The fourth-order valence-corrected chi connectivity index (χ4v) is 8.34. The molecular formula is C30H21Cl3I2N2O4S. The first-order valence-corrected chi connectivity index (χ1v) is 16.7. The lowest BCUT2D eigenvalue weighted by Crippen LogP contribution is -2.40. The molecule has 4 aromatic rings. The van der Waals surface area contributed by atoms with E-state index in [-0.39, 0.29) is 24.3 Å². The largest absolute Gasteiger partial charge is 0.487 e. The number of aromatic nitrogens is 1. The molecular weight excluding hydrogens is 845 g/mol. The molecule has 1 aliphatic heterocycles. The Bertz CT molecular complexity index is 1940. The van der Waals surface area contributed by atoms with Gasteiger partial charge in [-0.3, -0.25) is 9.36 Å². The summed E-state index contributed by atoms with van der Waals surface area (Å²) >= 11 is 24.7. The third-order valence-electron chi connectivity index (χ3n) is 6.43. The number of esters is 1. The second-order valence-corrected chi connectivity index (χ2v) is 13.8. The van der Waals surface area contributed by atoms with Gasteiger partial charge in [0.2, 0.25) is 0 Å². The van der Waals surface area contributed by atoms with E-state index < -0.39 is 12.0 Å². The van der Waals surface area contributed by atoms with Crippen molar-refractivity contribution in [3.8, 4) is 5.75 Å². The van der Waals surface area contributed by atoms with E-state index in [9.17, 15) is 9.59 Å². The molecule has 3 aromatic carbocycles. The topological polar surface area (TPSA) is 69.9 Å². The van der Waals surface area contributed by atoms with Crippen molar-refractivity contribution in [1.82, 2.24) is 4.57 Å². The number of carbonyl (C=O) groups excluding carboxylic acids is 1. The standard InChI is InChI=1S/C30H21Cl3I2N2O4S/c1-3-40-29(39)25-15(2)36-30-37(26(25)20-6-4-5-7-21(20)32)28(38)24(42-30)11-17-10-19(34)13-23(35)27(17)41-14-16-8-9-18(31)12-22(16)33/h4-13,26H,3,14H2,1-2H3/b24-11-/t26-/m0/s1. The number of ether oxygens (including phenoxy) is 2. The highest BCUT2D eigenvalue weighted by molar-refractivity contribution is 14.1. The summed E-state index contributed by atoms with van der Waals surface area (Å²) < 4.78 is 15.4. The highest BCUT2D eigenvalue weighted by Crippen LogP contribution is 2.35. The second-order valence-electron chi connectivity index (χ2n) is 9.15. The van der Waals surface area contributed by atoms with Crippen LogP contribution in [0.2, 0.25) is 15.1 Å². The number of fused-ring (bicyclic) bond motifs is 1. The van der Waals surface area contributed by atoms with Crippen LogP contribution in [0.25, 0.3) is 6.08 Å². The predicted molar refractivity (Wildman–Crippen MR) is 185 cm³/mol. The highest BCUT2D eigenvalue weighted by atomic mass is 127. The van der Waals surface area contributed by atoms with Gasteiger partial charge in [0.1, 0.15) is 18.4 Å². The Morgan fingerprint density at radius 3 is 2.57 bits per heavy atom. The summed E-state index contributed by atoms with van der Waals surface area (Å²) in [7, 11) is 0. The quantitative estimate of drug-likeness (QED) is 0.142. The summed E-state index contributed by atoms with van der Waals surface area (Å²) in [6.07, 6.45) is 1.79. The van der Waals surface area contributed by atoms with E-state index >= 15 is 0 Å². The van der Waals surface area contributed by atoms with Crippen LogP contribution in [0.15, 0.2) is 75.7 Å². The van der Waals surface area contributed by atoms with Crippen molar-refractivity contribution in [3.05, 3.63) is 124 Å². The maximum absolute atomic E-state index is 14.1. The van der Waals surface area contributed by atoms with Crippen LogP contribution >= 0.6 is 91.3 Å². The third-order valence-corrected chi connectivity index (χ3v) is 9.77. The molecule has 0 aliphatic carbocycles. The molecule has 12 heteroatoms. The summed E-state index contributed by atoms with van der Waals surface area (Å²) in [5, 5.41) is 1.47. The Hall–Kier alpha value is -1.90. The molecule has 0 N–H and O–H groups in total. The zero-order valence-corrected chi connectivity index (χ0v) is 29.5. The van der Waals surface area contributed by atoms with E-state index in [0.29, 0.717) is 41.4 Å². The molecule has 0 bridgehead atoms. The SMILES string of the molecule is CCOC(=O)C1=C(C)N=c2s/c(=C\c3cc(I)cc(I)c3OCc3ccc(Cl)cc3Cl)c(=O)n2[C@H]1c1ccccc1Cl. The van der Waals surface area contributed by atoms with Gasteiger partial charge < -0.3 is 9.47 Å². The minimum Gasteiger partial charge on any atom is -0.487 e. The van der Waals surface area contributed by atoms with Gasteiger partial charge in [0, 0.05) is 29.8 Å². The van der Waals surface area contributed by atoms with E-state index in [2.05, 4.69) is 50.2 Å². The maximum Gasteiger partial charge on any atom is 0.338 e. The lowest BCUT2D eigenvalue weighted by Gasteiger charge is -2.25. The number of hydrogen-bond donors (Lipinski definition) is 0. The molecule has 0 unspecified atom stereocenters. The van der Waals surface area contributed by atoms with Crippen molar-refractivity contribution in [2.45, 2.75) is 26.5 Å². The van der Waals surface area contributed by atoms with Crippen molar-refractivity contribution in [2.24, 2.45) is 4.99 Å². The first-order chi connectivity index (χ1) is 20.1. The number of thiazole rings is 1. The minimum absolute atomic E-state index is 0.185. The van der Waals surface area contributed by atoms with Gasteiger partial charge in [0.05, 0.1) is 26.0 Å². The van der Waals surface area contributed by atoms with Crippen LogP contribution in [-0.2, 0) is 16.1 Å². The smallest absolute Gasteiger partial charge is 0.338 e. The Labute approximate surface area is 287 Å². The Balaban J connectivity index is 1.65. The van der Waals surface area contributed by atoms with Gasteiger partial charge in [0.15, 0.2) is 4.80 Å². The van der Waals surface area contributed by atoms with Crippen LogP contribution in [0.5, 0.6) is 5.75 Å². The monoisotopic (exact) mass is 864 g/mol. The fourth-order valence-electron chi connectivity index (χ4n) is 4.55. The Morgan fingerprint density at radius 1 is 1.10 bits per heavy atom. The van der Waals surface area contributed by atoms with Crippen molar-refractivity contribution < 1.29 is 14.3 Å². The molecule has 0 saturated carbocycles. The number of nitrogens with zero attached hydrogens (tertiary/aromatic N) is 2. The number of allylic oxidation sites excluding steroid dienone is 1. The molecule has 0 fully saturated rings. The molecule has 1 aliphatic rings. The number of hydrogen-bond acceptors (Lipinski definition) is 6.